The van der Waals surface area contributed by atoms with Gasteiger partial charge < -0.3 is 19.7 Å². The highest BCUT2D eigenvalue weighted by atomic mass is 19.1. The van der Waals surface area contributed by atoms with Crippen LogP contribution in [0.4, 0.5) is 14.5 Å². The van der Waals surface area contributed by atoms with Crippen LogP contribution in [0.1, 0.15) is 31.9 Å². The van der Waals surface area contributed by atoms with Gasteiger partial charge in [-0.2, -0.15) is 4.98 Å². The zero-order chi connectivity index (χ0) is 28.6. The average molecular weight is 556 g/mol. The Kier molecular flexibility index (Phi) is 7.16. The molecule has 0 saturated carbocycles. The summed E-state index contributed by atoms with van der Waals surface area (Å²) in [5.74, 6) is -0.873. The Morgan fingerprint density at radius 1 is 0.854 bits per heavy atom. The number of nitrogens with one attached hydrogen (secondary N) is 1. The Morgan fingerprint density at radius 3 is 1.98 bits per heavy atom. The summed E-state index contributed by atoms with van der Waals surface area (Å²) in [6.07, 6.45) is 0. The van der Waals surface area contributed by atoms with E-state index in [0.717, 1.165) is 30.8 Å². The van der Waals surface area contributed by atoms with E-state index in [1.54, 1.807) is 12.1 Å². The zero-order valence-electron chi connectivity index (χ0n) is 23.7. The van der Waals surface area contributed by atoms with Gasteiger partial charge >= 0.3 is 0 Å². The van der Waals surface area contributed by atoms with Crippen molar-refractivity contribution < 1.29 is 18.3 Å². The van der Waals surface area contributed by atoms with Gasteiger partial charge in [0.25, 0.3) is 0 Å². The minimum atomic E-state index is -0.649. The monoisotopic (exact) mass is 555 g/mol. The van der Waals surface area contributed by atoms with E-state index in [1.165, 1.54) is 12.1 Å². The number of aromatic nitrogens is 1. The van der Waals surface area contributed by atoms with Crippen molar-refractivity contribution in [2.24, 2.45) is 10.8 Å². The molecule has 3 heterocycles. The van der Waals surface area contributed by atoms with E-state index in [4.69, 9.17) is 9.47 Å². The van der Waals surface area contributed by atoms with E-state index in [9.17, 15) is 0 Å². The first kappa shape index (κ1) is 27.2. The van der Waals surface area contributed by atoms with Gasteiger partial charge in [0.15, 0.2) is 0 Å². The first-order chi connectivity index (χ1) is 19.7. The van der Waals surface area contributed by atoms with Crippen molar-refractivity contribution in [2.45, 2.75) is 40.0 Å². The summed E-state index contributed by atoms with van der Waals surface area (Å²) >= 11 is 0. The zero-order valence-corrected chi connectivity index (χ0v) is 23.7. The molecule has 1 aromatic heterocycles. The smallest absolute Gasteiger partial charge is 0.225 e. The van der Waals surface area contributed by atoms with Crippen LogP contribution in [0.3, 0.4) is 0 Å². The van der Waals surface area contributed by atoms with Crippen molar-refractivity contribution in [2.75, 3.05) is 24.5 Å². The lowest BCUT2D eigenvalue weighted by atomic mass is 9.59. The van der Waals surface area contributed by atoms with Gasteiger partial charge in [0.05, 0.1) is 11.1 Å². The van der Waals surface area contributed by atoms with Crippen LogP contribution in [0.15, 0.2) is 84.9 Å². The molecule has 1 unspecified atom stereocenters. The highest BCUT2D eigenvalue weighted by Gasteiger charge is 2.58. The number of hydrogen-bond acceptors (Lipinski definition) is 5. The molecule has 2 aliphatic rings. The maximum Gasteiger partial charge on any atom is 0.225 e. The molecule has 7 heteroatoms. The van der Waals surface area contributed by atoms with E-state index in [0.29, 0.717) is 24.2 Å². The van der Waals surface area contributed by atoms with Crippen molar-refractivity contribution in [3.63, 3.8) is 0 Å². The van der Waals surface area contributed by atoms with E-state index in [1.807, 2.05) is 60.7 Å². The average Bonchev–Trinajstić information content (AvgIpc) is 2.90. The first-order valence-corrected chi connectivity index (χ1v) is 14.0. The van der Waals surface area contributed by atoms with Crippen molar-refractivity contribution in [3.8, 4) is 22.9 Å². The van der Waals surface area contributed by atoms with Gasteiger partial charge in [-0.15, -0.1) is 0 Å². The van der Waals surface area contributed by atoms with Crippen molar-refractivity contribution in [1.29, 1.82) is 0 Å². The minimum Gasteiger partial charge on any atom is -0.473 e. The van der Waals surface area contributed by atoms with Crippen LogP contribution in [-0.2, 0) is 13.2 Å². The molecule has 3 aromatic carbocycles. The van der Waals surface area contributed by atoms with Gasteiger partial charge in [-0.3, -0.25) is 0 Å². The second kappa shape index (κ2) is 10.8. The van der Waals surface area contributed by atoms with E-state index >= 15 is 8.78 Å². The summed E-state index contributed by atoms with van der Waals surface area (Å²) in [4.78, 5) is 6.58. The van der Waals surface area contributed by atoms with Gasteiger partial charge in [-0.05, 0) is 34.7 Å². The summed E-state index contributed by atoms with van der Waals surface area (Å²) in [7, 11) is 0. The molecular weight excluding hydrogens is 520 g/mol. The number of rotatable bonds is 8. The predicted molar refractivity (Wildman–Crippen MR) is 157 cm³/mol. The SMILES string of the molecule is CC(C)(C)C1NCC12CN(c1cc(F)c(-c3ccc(OCc4ccccc4)nc3OCc3ccccc3)c(F)c1)C2. The lowest BCUT2D eigenvalue weighted by Gasteiger charge is -2.65. The number of halogens is 2. The molecule has 41 heavy (non-hydrogen) atoms. The van der Waals surface area contributed by atoms with Crippen LogP contribution in [0.2, 0.25) is 0 Å². The molecule has 2 aliphatic heterocycles. The molecule has 0 radical (unpaired) electrons. The summed E-state index contributed by atoms with van der Waals surface area (Å²) in [6, 6.07) is 25.8. The molecule has 6 rings (SSSR count). The Morgan fingerprint density at radius 2 is 1.44 bits per heavy atom. The Bertz CT molecular complexity index is 1490. The number of nitrogens with zero attached hydrogens (tertiary/aromatic N) is 2. The fourth-order valence-electron chi connectivity index (χ4n) is 6.17. The summed E-state index contributed by atoms with van der Waals surface area (Å²) < 4.78 is 43.3. The Balaban J connectivity index is 1.26. The second-order valence-corrected chi connectivity index (χ2v) is 12.2. The number of anilines is 1. The third-order valence-electron chi connectivity index (χ3n) is 8.09. The molecule has 5 nitrogen and oxygen atoms in total. The molecule has 0 aliphatic carbocycles. The van der Waals surface area contributed by atoms with Gasteiger partial charge in [0, 0.05) is 42.8 Å². The number of pyridine rings is 1. The molecule has 2 saturated heterocycles. The van der Waals surface area contributed by atoms with E-state index < -0.39 is 11.6 Å². The van der Waals surface area contributed by atoms with Gasteiger partial charge in [0.1, 0.15) is 24.8 Å². The molecule has 212 valence electrons. The molecule has 4 aromatic rings. The van der Waals surface area contributed by atoms with Crippen LogP contribution in [-0.4, -0.2) is 30.7 Å². The van der Waals surface area contributed by atoms with E-state index in [2.05, 4.69) is 36.0 Å². The second-order valence-electron chi connectivity index (χ2n) is 12.2. The van der Waals surface area contributed by atoms with Gasteiger partial charge in [0.2, 0.25) is 11.8 Å². The summed E-state index contributed by atoms with van der Waals surface area (Å²) in [6.45, 7) is 9.68. The maximum absolute atomic E-state index is 15.7. The molecule has 1 atom stereocenters. The van der Waals surface area contributed by atoms with Crippen LogP contribution < -0.4 is 19.7 Å². The van der Waals surface area contributed by atoms with Crippen molar-refractivity contribution in [3.05, 3.63) is 108 Å². The fourth-order valence-corrected chi connectivity index (χ4v) is 6.17. The molecular formula is C34H35F2N3O2. The Hall–Kier alpha value is -3.97. The number of hydrogen-bond donors (Lipinski definition) is 1. The lowest BCUT2D eigenvalue weighted by Crippen LogP contribution is -2.79. The molecule has 1 spiro atoms. The van der Waals surface area contributed by atoms with Crippen LogP contribution in [0.5, 0.6) is 11.8 Å². The fraction of sp³-hybridized carbons (Fsp3) is 0.324. The topological polar surface area (TPSA) is 46.6 Å². The highest BCUT2D eigenvalue weighted by molar-refractivity contribution is 5.73. The maximum atomic E-state index is 15.7. The molecule has 0 bridgehead atoms. The minimum absolute atomic E-state index is 0.112. The quantitative estimate of drug-likeness (QED) is 0.254. The first-order valence-electron chi connectivity index (χ1n) is 14.0. The Labute approximate surface area is 240 Å². The molecule has 0 amide bonds. The van der Waals surface area contributed by atoms with Crippen molar-refractivity contribution >= 4 is 5.69 Å². The number of benzene rings is 3. The van der Waals surface area contributed by atoms with Crippen LogP contribution >= 0.6 is 0 Å². The standard InChI is InChI=1S/C34H35F2N3O2/c1-33(2,3)32-34(20-37-32)21-39(22-34)25-16-27(35)30(28(36)17-25)26-14-15-29(40-18-23-10-6-4-7-11-23)38-31(26)41-19-24-12-8-5-9-13-24/h4-17,32,37H,18-22H2,1-3H3. The third-order valence-corrected chi connectivity index (χ3v) is 8.09. The molecule has 1 N–H and O–H groups in total. The van der Waals surface area contributed by atoms with Crippen molar-refractivity contribution in [1.82, 2.24) is 10.3 Å². The molecule has 2 fully saturated rings. The lowest BCUT2D eigenvalue weighted by molar-refractivity contribution is -0.0170. The highest BCUT2D eigenvalue weighted by Crippen LogP contribution is 2.48. The van der Waals surface area contributed by atoms with Crippen LogP contribution in [0, 0.1) is 22.5 Å². The third kappa shape index (κ3) is 5.51. The summed E-state index contributed by atoms with van der Waals surface area (Å²) in [5.41, 5.74) is 2.82. The van der Waals surface area contributed by atoms with E-state index in [-0.39, 0.29) is 34.4 Å². The van der Waals surface area contributed by atoms with Gasteiger partial charge in [-0.1, -0.05) is 81.4 Å². The number of ether oxygens (including phenoxy) is 2. The summed E-state index contributed by atoms with van der Waals surface area (Å²) in [5, 5.41) is 3.55. The largest absolute Gasteiger partial charge is 0.473 e. The van der Waals surface area contributed by atoms with Crippen LogP contribution in [0.25, 0.3) is 11.1 Å². The normalized spacial score (nSPS) is 17.6. The van der Waals surface area contributed by atoms with Gasteiger partial charge in [-0.25, -0.2) is 8.78 Å². The predicted octanol–water partition coefficient (Wildman–Crippen LogP) is 7.01.